The van der Waals surface area contributed by atoms with Crippen molar-refractivity contribution in [3.8, 4) is 0 Å². The summed E-state index contributed by atoms with van der Waals surface area (Å²) < 4.78 is 60.7. The highest BCUT2D eigenvalue weighted by Crippen LogP contribution is 2.46. The van der Waals surface area contributed by atoms with Crippen LogP contribution >= 0.6 is 0 Å². The monoisotopic (exact) mass is 885 g/mol. The number of aliphatic hydroxyl groups is 1. The topological polar surface area (TPSA) is 107 Å². The summed E-state index contributed by atoms with van der Waals surface area (Å²) >= 11 is 0. The van der Waals surface area contributed by atoms with Crippen molar-refractivity contribution < 1.29 is 47.7 Å². The molecular weight excluding hydrogens is 823 g/mol. The first-order chi connectivity index (χ1) is 31.6. The van der Waals surface area contributed by atoms with Crippen LogP contribution in [0.2, 0.25) is 0 Å². The quantitative estimate of drug-likeness (QED) is 0.0918. The zero-order chi connectivity index (χ0) is 44.8. The third-order valence-electron chi connectivity index (χ3n) is 12.8. The van der Waals surface area contributed by atoms with Gasteiger partial charge in [0.25, 0.3) is 0 Å². The van der Waals surface area contributed by atoms with Gasteiger partial charge in [0.15, 0.2) is 17.9 Å². The minimum absolute atomic E-state index is 0.220. The maximum absolute atomic E-state index is 12.9. The summed E-state index contributed by atoms with van der Waals surface area (Å²) in [5.74, 6) is -1.85. The number of nitrogens with zero attached hydrogens (tertiary/aromatic N) is 1. The Morgan fingerprint density at radius 3 is 1.43 bits per heavy atom. The molecule has 0 amide bonds. The van der Waals surface area contributed by atoms with E-state index < -0.39 is 72.7 Å². The third-order valence-corrected chi connectivity index (χ3v) is 12.8. The molecule has 4 heterocycles. The molecule has 11 heteroatoms. The Labute approximate surface area is 383 Å². The Balaban J connectivity index is 1.13. The molecule has 4 saturated heterocycles. The van der Waals surface area contributed by atoms with Crippen LogP contribution < -0.4 is 0 Å². The van der Waals surface area contributed by atoms with Crippen LogP contribution in [0, 0.1) is 0 Å². The molecule has 344 valence electrons. The average molecular weight is 886 g/mol. The molecule has 0 saturated carbocycles. The Morgan fingerprint density at radius 1 is 0.492 bits per heavy atom. The Morgan fingerprint density at radius 2 is 0.908 bits per heavy atom. The molecule has 4 fully saturated rings. The van der Waals surface area contributed by atoms with Gasteiger partial charge in [0, 0.05) is 12.6 Å². The fourth-order valence-electron chi connectivity index (χ4n) is 9.84. The minimum atomic E-state index is -1.07. The molecule has 5 aromatic carbocycles. The van der Waals surface area contributed by atoms with E-state index in [1.165, 1.54) is 0 Å². The summed E-state index contributed by atoms with van der Waals surface area (Å²) in [6.07, 6.45) is -5.90. The summed E-state index contributed by atoms with van der Waals surface area (Å²) in [4.78, 5) is 2.41. The normalized spacial score (nSPS) is 29.8. The van der Waals surface area contributed by atoms with Crippen LogP contribution in [0.1, 0.15) is 61.9 Å². The van der Waals surface area contributed by atoms with Gasteiger partial charge in [-0.25, -0.2) is 0 Å². The highest BCUT2D eigenvalue weighted by atomic mass is 16.9. The van der Waals surface area contributed by atoms with Gasteiger partial charge in [-0.05, 0) is 61.9 Å². The Kier molecular flexibility index (Phi) is 14.6. The van der Waals surface area contributed by atoms with E-state index >= 15 is 0 Å². The lowest BCUT2D eigenvalue weighted by Gasteiger charge is -2.54. The predicted molar refractivity (Wildman–Crippen MR) is 244 cm³/mol. The van der Waals surface area contributed by atoms with Crippen molar-refractivity contribution >= 4 is 0 Å². The lowest BCUT2D eigenvalue weighted by molar-refractivity contribution is -0.262. The van der Waals surface area contributed by atoms with E-state index in [2.05, 4.69) is 77.7 Å². The van der Waals surface area contributed by atoms with Crippen LogP contribution in [0.25, 0.3) is 0 Å². The highest BCUT2D eigenvalue weighted by Gasteiger charge is 2.62. The molecule has 0 radical (unpaired) electrons. The molecule has 11 atom stereocenters. The fraction of sp³-hybridized carbons (Fsp3) is 0.444. The van der Waals surface area contributed by atoms with Crippen LogP contribution in [-0.4, -0.2) is 95.4 Å². The van der Waals surface area contributed by atoms with Crippen LogP contribution in [-0.2, 0) is 75.6 Å². The zero-order valence-electron chi connectivity index (χ0n) is 37.8. The number of likely N-dealkylation sites (tertiary alicyclic amines) is 1. The molecule has 0 bridgehead atoms. The molecule has 4 aliphatic rings. The molecule has 1 N–H and O–H groups in total. The Hall–Kier alpha value is -4.34. The summed E-state index contributed by atoms with van der Waals surface area (Å²) in [5, 5.41) is 12.9. The second-order valence-electron chi connectivity index (χ2n) is 18.5. The van der Waals surface area contributed by atoms with E-state index in [0.29, 0.717) is 39.6 Å². The first kappa shape index (κ1) is 45.8. The van der Waals surface area contributed by atoms with Crippen LogP contribution in [0.3, 0.4) is 0 Å². The number of benzene rings is 5. The number of aliphatic hydroxyl groups excluding tert-OH is 1. The van der Waals surface area contributed by atoms with E-state index in [0.717, 1.165) is 27.8 Å². The number of hydrogen-bond donors (Lipinski definition) is 1. The van der Waals surface area contributed by atoms with E-state index in [1.54, 1.807) is 0 Å². The zero-order valence-corrected chi connectivity index (χ0v) is 37.8. The number of rotatable bonds is 18. The van der Waals surface area contributed by atoms with Gasteiger partial charge in [-0.15, -0.1) is 0 Å². The standard InChI is InChI=1S/C54H63NO10/c1-53(2)62-49-47(61-52-51(50(49)63-53)64-54(3,4)65-52)44(56)30-42-45(58-33-39-24-14-7-15-25-39)48(60-35-41-28-18-9-19-29-41)46(59-34-40-26-16-8-17-27-40)43(36-57-32-38-22-12-6-13-23-38)55(42)31-37-20-10-5-11-21-37/h5-29,42-52,56H,30-36H2,1-4H3/t42-,43?,44?,45?,46-,47?,48?,49+,50?,51?,52-/m1/s1. The van der Waals surface area contributed by atoms with Crippen LogP contribution in [0.5, 0.6) is 0 Å². The Bertz CT molecular complexity index is 2200. The molecule has 0 aliphatic carbocycles. The van der Waals surface area contributed by atoms with Gasteiger partial charge in [-0.3, -0.25) is 4.90 Å². The molecular formula is C54H63NO10. The minimum Gasteiger partial charge on any atom is -0.390 e. The van der Waals surface area contributed by atoms with Gasteiger partial charge < -0.3 is 47.7 Å². The second kappa shape index (κ2) is 20.7. The van der Waals surface area contributed by atoms with E-state index in [1.807, 2.05) is 107 Å². The van der Waals surface area contributed by atoms with Crippen molar-refractivity contribution in [2.24, 2.45) is 0 Å². The predicted octanol–water partition coefficient (Wildman–Crippen LogP) is 8.36. The second-order valence-corrected chi connectivity index (χ2v) is 18.5. The van der Waals surface area contributed by atoms with Crippen molar-refractivity contribution in [2.75, 3.05) is 6.61 Å². The van der Waals surface area contributed by atoms with Crippen molar-refractivity contribution in [2.45, 2.75) is 146 Å². The van der Waals surface area contributed by atoms with E-state index in [4.69, 9.17) is 42.6 Å². The molecule has 7 unspecified atom stereocenters. The largest absolute Gasteiger partial charge is 0.390 e. The molecule has 4 aliphatic heterocycles. The van der Waals surface area contributed by atoms with Crippen LogP contribution in [0.4, 0.5) is 0 Å². The summed E-state index contributed by atoms with van der Waals surface area (Å²) in [7, 11) is 0. The molecule has 65 heavy (non-hydrogen) atoms. The number of hydrogen-bond acceptors (Lipinski definition) is 11. The SMILES string of the molecule is CC1(C)OC2C3OC(C)(C)O[C@H]3C(C(O)C[C@@H]3C(OCc4ccccc4)C(OCc4ccccc4)[C@H](OCc4ccccc4)C(COCc4ccccc4)N3Cc3ccccc3)O[C@@H]2O1. The van der Waals surface area contributed by atoms with Crippen molar-refractivity contribution in [3.05, 3.63) is 179 Å². The third kappa shape index (κ3) is 11.3. The van der Waals surface area contributed by atoms with Crippen molar-refractivity contribution in [1.82, 2.24) is 4.90 Å². The van der Waals surface area contributed by atoms with Gasteiger partial charge in [-0.1, -0.05) is 152 Å². The number of fused-ring (bicyclic) bond motifs is 3. The van der Waals surface area contributed by atoms with Gasteiger partial charge in [0.1, 0.15) is 42.7 Å². The fourth-order valence-corrected chi connectivity index (χ4v) is 9.84. The van der Waals surface area contributed by atoms with Crippen LogP contribution in [0.15, 0.2) is 152 Å². The molecule has 9 rings (SSSR count). The van der Waals surface area contributed by atoms with Crippen molar-refractivity contribution in [1.29, 1.82) is 0 Å². The lowest BCUT2D eigenvalue weighted by Crippen LogP contribution is -2.69. The van der Waals surface area contributed by atoms with Gasteiger partial charge in [-0.2, -0.15) is 0 Å². The number of ether oxygens (including phenoxy) is 9. The summed E-state index contributed by atoms with van der Waals surface area (Å²) in [6, 6.07) is 50.3. The van der Waals surface area contributed by atoms with E-state index in [-0.39, 0.29) is 12.5 Å². The molecule has 5 aromatic rings. The number of piperidine rings is 1. The molecule has 0 spiro atoms. The highest BCUT2D eigenvalue weighted by molar-refractivity contribution is 5.20. The van der Waals surface area contributed by atoms with Gasteiger partial charge >= 0.3 is 0 Å². The van der Waals surface area contributed by atoms with Crippen molar-refractivity contribution in [3.63, 3.8) is 0 Å². The maximum atomic E-state index is 12.9. The molecule has 0 aromatic heterocycles. The lowest BCUT2D eigenvalue weighted by atomic mass is 9.82. The molecule has 11 nitrogen and oxygen atoms in total. The summed E-state index contributed by atoms with van der Waals surface area (Å²) in [6.45, 7) is 9.69. The smallest absolute Gasteiger partial charge is 0.190 e. The first-order valence-electron chi connectivity index (χ1n) is 23.0. The first-order valence-corrected chi connectivity index (χ1v) is 23.0. The summed E-state index contributed by atoms with van der Waals surface area (Å²) in [5.41, 5.74) is 5.24. The maximum Gasteiger partial charge on any atom is 0.190 e. The van der Waals surface area contributed by atoms with Gasteiger partial charge in [0.2, 0.25) is 0 Å². The average Bonchev–Trinajstić information content (AvgIpc) is 3.83. The van der Waals surface area contributed by atoms with Gasteiger partial charge in [0.05, 0.1) is 45.2 Å². The van der Waals surface area contributed by atoms with E-state index in [9.17, 15) is 5.11 Å².